The first-order chi connectivity index (χ1) is 15.2. The van der Waals surface area contributed by atoms with Crippen LogP contribution in [0.25, 0.3) is 16.9 Å². The van der Waals surface area contributed by atoms with Gasteiger partial charge in [-0.3, -0.25) is 0 Å². The monoisotopic (exact) mass is 442 g/mol. The maximum atomic E-state index is 12.8. The first-order valence-corrected chi connectivity index (χ1v) is 9.69. The molecule has 1 saturated heterocycles. The molecular weight excluding hydrogens is 425 g/mol. The summed E-state index contributed by atoms with van der Waals surface area (Å²) in [5.41, 5.74) is -0.355. The molecule has 32 heavy (non-hydrogen) atoms. The van der Waals surface area contributed by atoms with E-state index in [1.165, 1.54) is 17.3 Å². The molecule has 0 bridgehead atoms. The molecule has 1 aliphatic heterocycles. The Balaban J connectivity index is 1.40. The van der Waals surface area contributed by atoms with Crippen LogP contribution in [0.3, 0.4) is 0 Å². The van der Waals surface area contributed by atoms with E-state index in [4.69, 9.17) is 4.74 Å². The number of β-amino-alcohol motifs (C(OH)–C–C–N with tert-alkyl or cyclic N) is 1. The number of anilines is 1. The zero-order chi connectivity index (χ0) is 22.5. The summed E-state index contributed by atoms with van der Waals surface area (Å²) in [5, 5.41) is 14.2. The number of halogens is 3. The van der Waals surface area contributed by atoms with Gasteiger partial charge in [0.25, 0.3) is 0 Å². The maximum Gasteiger partial charge on any atom is 0.420 e. The Morgan fingerprint density at radius 2 is 1.72 bits per heavy atom. The predicted octanol–water partition coefficient (Wildman–Crippen LogP) is 3.40. The van der Waals surface area contributed by atoms with E-state index in [0.29, 0.717) is 34.2 Å². The van der Waals surface area contributed by atoms with Crippen LogP contribution in [-0.4, -0.2) is 54.5 Å². The number of rotatable bonds is 4. The van der Waals surface area contributed by atoms with Crippen LogP contribution in [0.15, 0.2) is 54.9 Å². The van der Waals surface area contributed by atoms with E-state index in [1.807, 2.05) is 37.3 Å². The Kier molecular flexibility index (Phi) is 4.52. The van der Waals surface area contributed by atoms with Gasteiger partial charge >= 0.3 is 6.18 Å². The minimum absolute atomic E-state index is 0.107. The molecule has 1 fully saturated rings. The van der Waals surface area contributed by atoms with E-state index in [2.05, 4.69) is 20.1 Å². The quantitative estimate of drug-likeness (QED) is 0.518. The summed E-state index contributed by atoms with van der Waals surface area (Å²) in [7, 11) is 0. The van der Waals surface area contributed by atoms with Gasteiger partial charge in [-0.15, -0.1) is 0 Å². The van der Waals surface area contributed by atoms with Crippen molar-refractivity contribution in [2.45, 2.75) is 18.7 Å². The molecule has 5 rings (SSSR count). The lowest BCUT2D eigenvalue weighted by atomic mass is 9.94. The molecule has 0 amide bonds. The number of benzene rings is 1. The first-order valence-electron chi connectivity index (χ1n) is 9.69. The third-order valence-electron chi connectivity index (χ3n) is 5.21. The number of aliphatic hydroxyl groups is 1. The maximum absolute atomic E-state index is 12.8. The average molecular weight is 442 g/mol. The molecule has 0 atom stereocenters. The Bertz CT molecular complexity index is 1270. The molecule has 4 heterocycles. The average Bonchev–Trinajstić information content (AvgIpc) is 3.06. The predicted molar refractivity (Wildman–Crippen MR) is 108 cm³/mol. The van der Waals surface area contributed by atoms with Gasteiger partial charge in [-0.05, 0) is 31.2 Å². The van der Waals surface area contributed by atoms with Crippen LogP contribution < -0.4 is 9.64 Å². The topological polar surface area (TPSA) is 88.7 Å². The van der Waals surface area contributed by atoms with Crippen molar-refractivity contribution in [3.8, 4) is 22.9 Å². The third-order valence-corrected chi connectivity index (χ3v) is 5.21. The summed E-state index contributed by atoms with van der Waals surface area (Å²) in [6.07, 6.45) is -1.74. The van der Waals surface area contributed by atoms with Crippen molar-refractivity contribution in [1.82, 2.24) is 24.6 Å². The number of ether oxygens (including phenoxy) is 1. The van der Waals surface area contributed by atoms with E-state index in [-0.39, 0.29) is 5.95 Å². The number of para-hydroxylation sites is 1. The molecule has 1 N–H and O–H groups in total. The highest BCUT2D eigenvalue weighted by Gasteiger charge is 2.61. The molecular formula is C21H17F3N6O2. The lowest BCUT2D eigenvalue weighted by molar-refractivity contribution is -0.267. The molecule has 0 unspecified atom stereocenters. The fourth-order valence-corrected chi connectivity index (χ4v) is 3.42. The summed E-state index contributed by atoms with van der Waals surface area (Å²) in [6.45, 7) is 0.614. The van der Waals surface area contributed by atoms with Gasteiger partial charge in [0.15, 0.2) is 11.2 Å². The number of alkyl halides is 3. The number of aromatic nitrogens is 5. The number of hydrogen-bond acceptors (Lipinski definition) is 7. The van der Waals surface area contributed by atoms with E-state index >= 15 is 0 Å². The lowest BCUT2D eigenvalue weighted by Crippen LogP contribution is -2.69. The van der Waals surface area contributed by atoms with Crippen LogP contribution in [0.2, 0.25) is 0 Å². The second-order valence-corrected chi connectivity index (χ2v) is 7.56. The zero-order valence-electron chi connectivity index (χ0n) is 16.8. The van der Waals surface area contributed by atoms with E-state index < -0.39 is 24.9 Å². The Labute approximate surface area is 179 Å². The van der Waals surface area contributed by atoms with Crippen LogP contribution in [0.5, 0.6) is 11.6 Å². The molecule has 4 aromatic rings. The zero-order valence-corrected chi connectivity index (χ0v) is 16.8. The Morgan fingerprint density at radius 1 is 1.03 bits per heavy atom. The highest BCUT2D eigenvalue weighted by atomic mass is 19.4. The Hall–Kier alpha value is -3.73. The summed E-state index contributed by atoms with van der Waals surface area (Å²) in [4.78, 5) is 14.0. The molecule has 11 heteroatoms. The minimum Gasteiger partial charge on any atom is -0.437 e. The fraction of sp³-hybridized carbons (Fsp3) is 0.238. The highest BCUT2D eigenvalue weighted by Crippen LogP contribution is 2.39. The molecule has 1 aromatic carbocycles. The van der Waals surface area contributed by atoms with Gasteiger partial charge in [0.2, 0.25) is 11.8 Å². The van der Waals surface area contributed by atoms with E-state index in [9.17, 15) is 18.3 Å². The van der Waals surface area contributed by atoms with Gasteiger partial charge in [0, 0.05) is 18.0 Å². The number of aryl methyl sites for hydroxylation is 1. The molecule has 164 valence electrons. The normalized spacial score (nSPS) is 15.6. The van der Waals surface area contributed by atoms with E-state index in [1.54, 1.807) is 16.6 Å². The van der Waals surface area contributed by atoms with Crippen molar-refractivity contribution in [2.24, 2.45) is 0 Å². The van der Waals surface area contributed by atoms with Gasteiger partial charge in [-0.1, -0.05) is 18.2 Å². The standard InChI is InChI=1S/C21H17F3N6O2/c1-13-18(32-15-5-3-2-4-6-15)30-17(27-13)8-7-16(28-30)14-9-25-19(26-10-14)29-11-20(31,12-29)21(22,23)24/h2-10,31H,11-12H2,1H3. The summed E-state index contributed by atoms with van der Waals surface area (Å²) < 4.78 is 46.0. The van der Waals surface area contributed by atoms with Gasteiger partial charge < -0.3 is 14.7 Å². The molecule has 0 aliphatic carbocycles. The summed E-state index contributed by atoms with van der Waals surface area (Å²) in [5.74, 6) is 1.22. The number of imidazole rings is 1. The first kappa shape index (κ1) is 20.2. The summed E-state index contributed by atoms with van der Waals surface area (Å²) >= 11 is 0. The van der Waals surface area contributed by atoms with Crippen molar-refractivity contribution in [2.75, 3.05) is 18.0 Å². The van der Waals surface area contributed by atoms with Crippen LogP contribution in [0.1, 0.15) is 5.69 Å². The van der Waals surface area contributed by atoms with Crippen molar-refractivity contribution < 1.29 is 23.0 Å². The molecule has 1 aliphatic rings. The third kappa shape index (κ3) is 3.40. The second kappa shape index (κ2) is 7.16. The van der Waals surface area contributed by atoms with Crippen LogP contribution in [-0.2, 0) is 0 Å². The largest absolute Gasteiger partial charge is 0.437 e. The Morgan fingerprint density at radius 3 is 2.38 bits per heavy atom. The molecule has 0 spiro atoms. The van der Waals surface area contributed by atoms with Gasteiger partial charge in [-0.25, -0.2) is 15.0 Å². The van der Waals surface area contributed by atoms with Crippen molar-refractivity contribution >= 4 is 11.6 Å². The number of nitrogens with zero attached hydrogens (tertiary/aromatic N) is 6. The van der Waals surface area contributed by atoms with Crippen molar-refractivity contribution in [3.05, 3.63) is 60.6 Å². The number of fused-ring (bicyclic) bond motifs is 1. The number of hydrogen-bond donors (Lipinski definition) is 1. The van der Waals surface area contributed by atoms with Gasteiger partial charge in [-0.2, -0.15) is 22.8 Å². The minimum atomic E-state index is -4.69. The smallest absolute Gasteiger partial charge is 0.420 e. The molecule has 0 radical (unpaired) electrons. The molecule has 8 nitrogen and oxygen atoms in total. The molecule has 0 saturated carbocycles. The fourth-order valence-electron chi connectivity index (χ4n) is 3.42. The second-order valence-electron chi connectivity index (χ2n) is 7.56. The van der Waals surface area contributed by atoms with Gasteiger partial charge in [0.1, 0.15) is 11.4 Å². The van der Waals surface area contributed by atoms with Crippen molar-refractivity contribution in [1.29, 1.82) is 0 Å². The molecule has 3 aromatic heterocycles. The lowest BCUT2D eigenvalue weighted by Gasteiger charge is -2.46. The van der Waals surface area contributed by atoms with Crippen LogP contribution >= 0.6 is 0 Å². The highest BCUT2D eigenvalue weighted by molar-refractivity contribution is 5.60. The van der Waals surface area contributed by atoms with E-state index in [0.717, 1.165) is 0 Å². The summed E-state index contributed by atoms with van der Waals surface area (Å²) in [6, 6.07) is 12.8. The van der Waals surface area contributed by atoms with Crippen LogP contribution in [0.4, 0.5) is 19.1 Å². The van der Waals surface area contributed by atoms with Gasteiger partial charge in [0.05, 0.1) is 18.8 Å². The van der Waals surface area contributed by atoms with Crippen LogP contribution in [0, 0.1) is 6.92 Å². The SMILES string of the molecule is Cc1nc2ccc(-c3cnc(N4CC(O)(C(F)(F)F)C4)nc3)nn2c1Oc1ccccc1. The van der Waals surface area contributed by atoms with Crippen molar-refractivity contribution in [3.63, 3.8) is 0 Å².